The molecule has 74 valence electrons. The van der Waals surface area contributed by atoms with Gasteiger partial charge in [-0.05, 0) is 37.1 Å². The Hall–Kier alpha value is -0.710. The summed E-state index contributed by atoms with van der Waals surface area (Å²) in [7, 11) is 0. The van der Waals surface area contributed by atoms with Crippen LogP contribution in [-0.2, 0) is 5.41 Å². The summed E-state index contributed by atoms with van der Waals surface area (Å²) >= 11 is 11.8. The van der Waals surface area contributed by atoms with E-state index in [9.17, 15) is 0 Å². The summed E-state index contributed by atoms with van der Waals surface area (Å²) in [5.74, 6) is 0. The molecule has 0 saturated heterocycles. The van der Waals surface area contributed by atoms with Gasteiger partial charge < -0.3 is 0 Å². The highest BCUT2D eigenvalue weighted by Crippen LogP contribution is 2.31. The molecular formula is C11H11Cl2N. The monoisotopic (exact) mass is 227 g/mol. The fourth-order valence-electron chi connectivity index (χ4n) is 1.22. The topological polar surface area (TPSA) is 23.8 Å². The van der Waals surface area contributed by atoms with Crippen LogP contribution in [0.5, 0.6) is 0 Å². The molecule has 0 aliphatic rings. The van der Waals surface area contributed by atoms with E-state index in [4.69, 9.17) is 28.5 Å². The van der Waals surface area contributed by atoms with Gasteiger partial charge in [0.1, 0.15) is 0 Å². The van der Waals surface area contributed by atoms with E-state index in [1.807, 2.05) is 13.8 Å². The Labute approximate surface area is 94.3 Å². The minimum Gasteiger partial charge on any atom is -0.197 e. The molecule has 0 heterocycles. The number of benzene rings is 1. The van der Waals surface area contributed by atoms with Crippen LogP contribution >= 0.6 is 23.2 Å². The Morgan fingerprint density at radius 2 is 1.79 bits per heavy atom. The number of hydrogen-bond acceptors (Lipinski definition) is 1. The van der Waals surface area contributed by atoms with Crippen LogP contribution in [0, 0.1) is 11.3 Å². The van der Waals surface area contributed by atoms with Crippen molar-refractivity contribution < 1.29 is 0 Å². The molecule has 0 fully saturated rings. The second kappa shape index (κ2) is 4.21. The molecule has 0 radical (unpaired) electrons. The van der Waals surface area contributed by atoms with Gasteiger partial charge in [-0.3, -0.25) is 0 Å². The lowest BCUT2D eigenvalue weighted by Crippen LogP contribution is -2.17. The lowest BCUT2D eigenvalue weighted by Gasteiger charge is -2.20. The molecule has 3 heteroatoms. The van der Waals surface area contributed by atoms with Crippen molar-refractivity contribution in [3.05, 3.63) is 33.8 Å². The van der Waals surface area contributed by atoms with Crippen molar-refractivity contribution in [1.82, 2.24) is 0 Å². The van der Waals surface area contributed by atoms with Crippen LogP contribution in [0.15, 0.2) is 18.2 Å². The zero-order valence-corrected chi connectivity index (χ0v) is 9.65. The van der Waals surface area contributed by atoms with Crippen molar-refractivity contribution in [3.8, 4) is 6.07 Å². The third kappa shape index (κ3) is 2.20. The summed E-state index contributed by atoms with van der Waals surface area (Å²) in [6.45, 7) is 3.85. The van der Waals surface area contributed by atoms with Gasteiger partial charge in [0.25, 0.3) is 0 Å². The van der Waals surface area contributed by atoms with E-state index in [1.54, 1.807) is 18.2 Å². The van der Waals surface area contributed by atoms with E-state index in [2.05, 4.69) is 6.07 Å². The third-order valence-electron chi connectivity index (χ3n) is 2.45. The van der Waals surface area contributed by atoms with E-state index in [0.717, 1.165) is 12.0 Å². The summed E-state index contributed by atoms with van der Waals surface area (Å²) in [5.41, 5.74) is 0.370. The van der Waals surface area contributed by atoms with E-state index >= 15 is 0 Å². The van der Waals surface area contributed by atoms with Crippen LogP contribution in [0.3, 0.4) is 0 Å². The first kappa shape index (κ1) is 11.4. The van der Waals surface area contributed by atoms with Crippen LogP contribution < -0.4 is 0 Å². The predicted octanol–water partition coefficient (Wildman–Crippen LogP) is 4.18. The molecular weight excluding hydrogens is 217 g/mol. The third-order valence-corrected chi connectivity index (χ3v) is 2.89. The van der Waals surface area contributed by atoms with Crippen molar-refractivity contribution in [2.75, 3.05) is 0 Å². The molecule has 0 spiro atoms. The normalized spacial score (nSPS) is 14.5. The molecule has 0 N–H and O–H groups in total. The number of nitriles is 1. The maximum atomic E-state index is 9.08. The van der Waals surface area contributed by atoms with Crippen molar-refractivity contribution >= 4 is 23.2 Å². The first-order valence-corrected chi connectivity index (χ1v) is 5.15. The molecule has 0 bridgehead atoms. The fourth-order valence-corrected chi connectivity index (χ4v) is 1.75. The highest BCUT2D eigenvalue weighted by molar-refractivity contribution is 6.34. The number of rotatable bonds is 2. The Morgan fingerprint density at radius 3 is 2.14 bits per heavy atom. The zero-order chi connectivity index (χ0) is 10.8. The largest absolute Gasteiger partial charge is 0.197 e. The first-order chi connectivity index (χ1) is 6.51. The summed E-state index contributed by atoms with van der Waals surface area (Å²) in [4.78, 5) is 0. The fraction of sp³-hybridized carbons (Fsp3) is 0.364. The molecule has 1 aromatic carbocycles. The SMILES string of the molecule is CCC(C)(C#N)c1cc(Cl)cc(Cl)c1. The van der Waals surface area contributed by atoms with Crippen molar-refractivity contribution in [1.29, 1.82) is 5.26 Å². The highest BCUT2D eigenvalue weighted by Gasteiger charge is 2.24. The van der Waals surface area contributed by atoms with Gasteiger partial charge in [0.2, 0.25) is 0 Å². The minimum atomic E-state index is -0.505. The van der Waals surface area contributed by atoms with E-state index in [-0.39, 0.29) is 0 Å². The molecule has 0 amide bonds. The van der Waals surface area contributed by atoms with Gasteiger partial charge in [0.15, 0.2) is 0 Å². The maximum absolute atomic E-state index is 9.08. The Kier molecular flexibility index (Phi) is 3.42. The highest BCUT2D eigenvalue weighted by atomic mass is 35.5. The van der Waals surface area contributed by atoms with Gasteiger partial charge in [-0.15, -0.1) is 0 Å². The van der Waals surface area contributed by atoms with Crippen LogP contribution in [0.25, 0.3) is 0 Å². The average Bonchev–Trinajstić information content (AvgIpc) is 2.15. The molecule has 1 unspecified atom stereocenters. The van der Waals surface area contributed by atoms with Gasteiger partial charge in [0.05, 0.1) is 11.5 Å². The second-order valence-electron chi connectivity index (χ2n) is 3.46. The van der Waals surface area contributed by atoms with Crippen LogP contribution in [-0.4, -0.2) is 0 Å². The van der Waals surface area contributed by atoms with Gasteiger partial charge in [-0.1, -0.05) is 30.1 Å². The van der Waals surface area contributed by atoms with Crippen molar-refractivity contribution in [2.24, 2.45) is 0 Å². The van der Waals surface area contributed by atoms with E-state index in [0.29, 0.717) is 10.0 Å². The number of halogens is 2. The second-order valence-corrected chi connectivity index (χ2v) is 4.33. The predicted molar refractivity (Wildman–Crippen MR) is 59.7 cm³/mol. The number of nitrogens with zero attached hydrogens (tertiary/aromatic N) is 1. The summed E-state index contributed by atoms with van der Waals surface area (Å²) in [6.07, 6.45) is 0.736. The zero-order valence-electron chi connectivity index (χ0n) is 8.14. The molecule has 1 atom stereocenters. The molecule has 0 aliphatic heterocycles. The molecule has 1 aromatic rings. The summed E-state index contributed by atoms with van der Waals surface area (Å²) in [5, 5.41) is 10.2. The van der Waals surface area contributed by atoms with Crippen LogP contribution in [0.1, 0.15) is 25.8 Å². The molecule has 0 saturated carbocycles. The Morgan fingerprint density at radius 1 is 1.29 bits per heavy atom. The van der Waals surface area contributed by atoms with Crippen molar-refractivity contribution in [3.63, 3.8) is 0 Å². The van der Waals surface area contributed by atoms with Crippen molar-refractivity contribution in [2.45, 2.75) is 25.7 Å². The van der Waals surface area contributed by atoms with E-state index < -0.39 is 5.41 Å². The molecule has 14 heavy (non-hydrogen) atoms. The quantitative estimate of drug-likeness (QED) is 0.744. The summed E-state index contributed by atoms with van der Waals surface area (Å²) in [6, 6.07) is 7.53. The first-order valence-electron chi connectivity index (χ1n) is 4.39. The van der Waals surface area contributed by atoms with Crippen LogP contribution in [0.4, 0.5) is 0 Å². The Bertz CT molecular complexity index is 361. The standard InChI is InChI=1S/C11H11Cl2N/c1-3-11(2,7-14)8-4-9(12)6-10(13)5-8/h4-6H,3H2,1-2H3. The molecule has 1 nitrogen and oxygen atoms in total. The van der Waals surface area contributed by atoms with Crippen LogP contribution in [0.2, 0.25) is 10.0 Å². The van der Waals surface area contributed by atoms with Gasteiger partial charge in [-0.25, -0.2) is 0 Å². The van der Waals surface area contributed by atoms with Gasteiger partial charge in [-0.2, -0.15) is 5.26 Å². The molecule has 0 aromatic heterocycles. The average molecular weight is 228 g/mol. The lowest BCUT2D eigenvalue weighted by molar-refractivity contribution is 0.587. The smallest absolute Gasteiger partial charge is 0.0792 e. The number of hydrogen-bond donors (Lipinski definition) is 0. The Balaban J connectivity index is 3.26. The molecule has 0 aliphatic carbocycles. The van der Waals surface area contributed by atoms with Gasteiger partial charge >= 0.3 is 0 Å². The maximum Gasteiger partial charge on any atom is 0.0792 e. The lowest BCUT2D eigenvalue weighted by atomic mass is 9.82. The minimum absolute atomic E-state index is 0.505. The van der Waals surface area contributed by atoms with Gasteiger partial charge in [0, 0.05) is 10.0 Å². The molecule has 1 rings (SSSR count). The summed E-state index contributed by atoms with van der Waals surface area (Å²) < 4.78 is 0. The van der Waals surface area contributed by atoms with E-state index in [1.165, 1.54) is 0 Å².